The Bertz CT molecular complexity index is 254. The zero-order valence-electron chi connectivity index (χ0n) is 11.2. The third kappa shape index (κ3) is 6.26. The molecular formula is C12H24N2O3. The van der Waals surface area contributed by atoms with Crippen molar-refractivity contribution in [2.24, 2.45) is 17.6 Å². The van der Waals surface area contributed by atoms with Crippen molar-refractivity contribution in [3.63, 3.8) is 0 Å². The largest absolute Gasteiger partial charge is 0.464 e. The molecule has 0 fully saturated rings. The number of carbonyl (C=O) groups is 2. The predicted molar refractivity (Wildman–Crippen MR) is 66.2 cm³/mol. The number of nitrogens with one attached hydrogen (secondary N) is 1. The number of ether oxygens (including phenoxy) is 1. The summed E-state index contributed by atoms with van der Waals surface area (Å²) in [4.78, 5) is 23.2. The second-order valence-corrected chi connectivity index (χ2v) is 4.54. The second kappa shape index (κ2) is 8.06. The van der Waals surface area contributed by atoms with Gasteiger partial charge in [0.05, 0.1) is 12.5 Å². The molecule has 0 spiro atoms. The third-order valence-corrected chi connectivity index (χ3v) is 2.41. The molecule has 1 amide bonds. The maximum Gasteiger partial charge on any atom is 0.328 e. The highest BCUT2D eigenvalue weighted by Gasteiger charge is 2.22. The SMILES string of the molecule is CCOC(=O)C(C)NC(=O)C(CN)CC(C)C. The zero-order valence-corrected chi connectivity index (χ0v) is 11.2. The highest BCUT2D eigenvalue weighted by Crippen LogP contribution is 2.10. The van der Waals surface area contributed by atoms with E-state index in [4.69, 9.17) is 10.5 Å². The van der Waals surface area contributed by atoms with E-state index in [9.17, 15) is 9.59 Å². The molecule has 100 valence electrons. The Balaban J connectivity index is 4.25. The summed E-state index contributed by atoms with van der Waals surface area (Å²) in [6, 6.07) is -0.622. The molecule has 0 aliphatic rings. The van der Waals surface area contributed by atoms with Crippen molar-refractivity contribution >= 4 is 11.9 Å². The van der Waals surface area contributed by atoms with Crippen LogP contribution in [-0.4, -0.2) is 31.1 Å². The van der Waals surface area contributed by atoms with Gasteiger partial charge in [-0.3, -0.25) is 4.79 Å². The summed E-state index contributed by atoms with van der Waals surface area (Å²) in [5.41, 5.74) is 5.56. The van der Waals surface area contributed by atoms with Crippen LogP contribution in [0.5, 0.6) is 0 Å². The van der Waals surface area contributed by atoms with Crippen LogP contribution in [0, 0.1) is 11.8 Å². The Kier molecular flexibility index (Phi) is 7.54. The molecule has 0 heterocycles. The average Bonchev–Trinajstić information content (AvgIpc) is 2.25. The van der Waals surface area contributed by atoms with Crippen molar-refractivity contribution < 1.29 is 14.3 Å². The van der Waals surface area contributed by atoms with Crippen LogP contribution in [0.1, 0.15) is 34.1 Å². The van der Waals surface area contributed by atoms with Gasteiger partial charge >= 0.3 is 5.97 Å². The molecule has 0 rings (SSSR count). The van der Waals surface area contributed by atoms with Crippen LogP contribution >= 0.6 is 0 Å². The Labute approximate surface area is 103 Å². The molecule has 17 heavy (non-hydrogen) atoms. The molecule has 0 aromatic carbocycles. The predicted octanol–water partition coefficient (Wildman–Crippen LogP) is 0.675. The molecular weight excluding hydrogens is 220 g/mol. The summed E-state index contributed by atoms with van der Waals surface area (Å²) in [6.45, 7) is 8.01. The fourth-order valence-corrected chi connectivity index (χ4v) is 1.54. The summed E-state index contributed by atoms with van der Waals surface area (Å²) in [6.07, 6.45) is 0.720. The normalized spacial score (nSPS) is 14.2. The fraction of sp³-hybridized carbons (Fsp3) is 0.833. The lowest BCUT2D eigenvalue weighted by Crippen LogP contribution is -2.44. The molecule has 2 atom stereocenters. The van der Waals surface area contributed by atoms with Crippen LogP contribution in [0.2, 0.25) is 0 Å². The minimum Gasteiger partial charge on any atom is -0.464 e. The van der Waals surface area contributed by atoms with E-state index < -0.39 is 12.0 Å². The molecule has 0 aliphatic heterocycles. The summed E-state index contributed by atoms with van der Waals surface area (Å²) in [5, 5.41) is 2.63. The second-order valence-electron chi connectivity index (χ2n) is 4.54. The van der Waals surface area contributed by atoms with E-state index in [1.54, 1.807) is 13.8 Å². The lowest BCUT2D eigenvalue weighted by atomic mass is 9.96. The molecule has 0 aliphatic carbocycles. The van der Waals surface area contributed by atoms with E-state index in [0.29, 0.717) is 19.1 Å². The summed E-state index contributed by atoms with van der Waals surface area (Å²) in [5.74, 6) is -0.443. The van der Waals surface area contributed by atoms with Crippen molar-refractivity contribution in [1.29, 1.82) is 0 Å². The lowest BCUT2D eigenvalue weighted by molar-refractivity contribution is -0.147. The van der Waals surface area contributed by atoms with Gasteiger partial charge in [-0.1, -0.05) is 13.8 Å². The van der Waals surface area contributed by atoms with E-state index in [1.807, 2.05) is 13.8 Å². The van der Waals surface area contributed by atoms with Gasteiger partial charge in [-0.25, -0.2) is 4.79 Å². The van der Waals surface area contributed by atoms with Gasteiger partial charge < -0.3 is 15.8 Å². The van der Waals surface area contributed by atoms with E-state index >= 15 is 0 Å². The molecule has 0 aromatic heterocycles. The maximum atomic E-state index is 11.8. The Morgan fingerprint density at radius 2 is 1.88 bits per heavy atom. The van der Waals surface area contributed by atoms with Gasteiger partial charge in [0.25, 0.3) is 0 Å². The first-order chi connectivity index (χ1) is 7.92. The Morgan fingerprint density at radius 3 is 2.29 bits per heavy atom. The highest BCUT2D eigenvalue weighted by atomic mass is 16.5. The first-order valence-electron chi connectivity index (χ1n) is 6.09. The lowest BCUT2D eigenvalue weighted by Gasteiger charge is -2.19. The number of hydrogen-bond acceptors (Lipinski definition) is 4. The van der Waals surface area contributed by atoms with Crippen LogP contribution in [0.3, 0.4) is 0 Å². The smallest absolute Gasteiger partial charge is 0.328 e. The minimum atomic E-state index is -0.622. The average molecular weight is 244 g/mol. The molecule has 0 saturated heterocycles. The van der Waals surface area contributed by atoms with Crippen LogP contribution in [0.15, 0.2) is 0 Å². The number of nitrogens with two attached hydrogens (primary N) is 1. The maximum absolute atomic E-state index is 11.8. The van der Waals surface area contributed by atoms with Gasteiger partial charge in [-0.2, -0.15) is 0 Å². The molecule has 0 bridgehead atoms. The Morgan fingerprint density at radius 1 is 1.29 bits per heavy atom. The van der Waals surface area contributed by atoms with Crippen molar-refractivity contribution in [2.45, 2.75) is 40.2 Å². The van der Waals surface area contributed by atoms with E-state index in [-0.39, 0.29) is 11.8 Å². The van der Waals surface area contributed by atoms with E-state index in [2.05, 4.69) is 5.32 Å². The number of hydrogen-bond donors (Lipinski definition) is 2. The van der Waals surface area contributed by atoms with Gasteiger partial charge in [0, 0.05) is 6.54 Å². The van der Waals surface area contributed by atoms with Gasteiger partial charge in [-0.05, 0) is 26.2 Å². The monoisotopic (exact) mass is 244 g/mol. The van der Waals surface area contributed by atoms with Crippen LogP contribution in [0.4, 0.5) is 0 Å². The summed E-state index contributed by atoms with van der Waals surface area (Å²) in [7, 11) is 0. The number of carbonyl (C=O) groups excluding carboxylic acids is 2. The van der Waals surface area contributed by atoms with Gasteiger partial charge in [0.15, 0.2) is 0 Å². The standard InChI is InChI=1S/C12H24N2O3/c1-5-17-12(16)9(4)14-11(15)10(7-13)6-8(2)3/h8-10H,5-7,13H2,1-4H3,(H,14,15). The molecule has 5 heteroatoms. The molecule has 0 radical (unpaired) electrons. The molecule has 0 saturated carbocycles. The fourth-order valence-electron chi connectivity index (χ4n) is 1.54. The Hall–Kier alpha value is -1.10. The van der Waals surface area contributed by atoms with Gasteiger partial charge in [0.1, 0.15) is 6.04 Å². The van der Waals surface area contributed by atoms with E-state index in [0.717, 1.165) is 6.42 Å². The zero-order chi connectivity index (χ0) is 13.4. The number of rotatable bonds is 7. The van der Waals surface area contributed by atoms with Crippen molar-refractivity contribution in [3.8, 4) is 0 Å². The quantitative estimate of drug-likeness (QED) is 0.645. The number of amides is 1. The topological polar surface area (TPSA) is 81.4 Å². The van der Waals surface area contributed by atoms with Crippen molar-refractivity contribution in [2.75, 3.05) is 13.2 Å². The van der Waals surface area contributed by atoms with Crippen molar-refractivity contribution in [3.05, 3.63) is 0 Å². The highest BCUT2D eigenvalue weighted by molar-refractivity contribution is 5.85. The summed E-state index contributed by atoms with van der Waals surface area (Å²) < 4.78 is 4.81. The summed E-state index contributed by atoms with van der Waals surface area (Å²) >= 11 is 0. The van der Waals surface area contributed by atoms with Crippen LogP contribution < -0.4 is 11.1 Å². The van der Waals surface area contributed by atoms with Gasteiger partial charge in [-0.15, -0.1) is 0 Å². The molecule has 2 unspecified atom stereocenters. The first kappa shape index (κ1) is 15.9. The first-order valence-corrected chi connectivity index (χ1v) is 6.09. The molecule has 3 N–H and O–H groups in total. The third-order valence-electron chi connectivity index (χ3n) is 2.41. The minimum absolute atomic E-state index is 0.179. The number of esters is 1. The molecule has 0 aromatic rings. The molecule has 5 nitrogen and oxygen atoms in total. The van der Waals surface area contributed by atoms with Crippen LogP contribution in [0.25, 0.3) is 0 Å². The van der Waals surface area contributed by atoms with E-state index in [1.165, 1.54) is 0 Å². The van der Waals surface area contributed by atoms with Gasteiger partial charge in [0.2, 0.25) is 5.91 Å². The van der Waals surface area contributed by atoms with Crippen molar-refractivity contribution in [1.82, 2.24) is 5.32 Å². The van der Waals surface area contributed by atoms with Crippen LogP contribution in [-0.2, 0) is 14.3 Å².